The van der Waals surface area contributed by atoms with Crippen LogP contribution in [-0.4, -0.2) is 18.1 Å². The second-order valence-corrected chi connectivity index (χ2v) is 7.88. The van der Waals surface area contributed by atoms with Gasteiger partial charge >= 0.3 is 6.03 Å². The molecule has 1 atom stereocenters. The van der Waals surface area contributed by atoms with Crippen LogP contribution in [0, 0.1) is 13.8 Å². The average Bonchev–Trinajstić information content (AvgIpc) is 3.19. The van der Waals surface area contributed by atoms with Crippen molar-refractivity contribution in [1.82, 2.24) is 10.3 Å². The molecule has 2 aromatic carbocycles. The minimum absolute atomic E-state index is 0.146. The van der Waals surface area contributed by atoms with Gasteiger partial charge in [-0.15, -0.1) is 11.3 Å². The fourth-order valence-electron chi connectivity index (χ4n) is 3.39. The molecule has 2 amide bonds. The number of rotatable bonds is 4. The predicted octanol–water partition coefficient (Wildman–Crippen LogP) is 5.55. The molecule has 0 bridgehead atoms. The first kappa shape index (κ1) is 18.3. The Morgan fingerprint density at radius 1 is 1.18 bits per heavy atom. The topological polar surface area (TPSA) is 76.4 Å². The van der Waals surface area contributed by atoms with E-state index in [1.807, 2.05) is 51.1 Å². The minimum atomic E-state index is -0.313. The molecule has 0 spiro atoms. The molecule has 0 aliphatic rings. The highest BCUT2D eigenvalue weighted by molar-refractivity contribution is 7.11. The number of hydrogen-bond donors (Lipinski definition) is 2. The summed E-state index contributed by atoms with van der Waals surface area (Å²) in [7, 11) is 1.58. The first-order valence-corrected chi connectivity index (χ1v) is 9.78. The molecular weight excluding hydrogens is 374 g/mol. The maximum Gasteiger partial charge on any atom is 0.319 e. The Morgan fingerprint density at radius 2 is 1.96 bits per heavy atom. The van der Waals surface area contributed by atoms with Crippen molar-refractivity contribution >= 4 is 45.0 Å². The lowest BCUT2D eigenvalue weighted by atomic mass is 10.1. The van der Waals surface area contributed by atoms with Gasteiger partial charge in [-0.2, -0.15) is 0 Å². The van der Waals surface area contributed by atoms with Gasteiger partial charge in [0.1, 0.15) is 16.9 Å². The number of hydrogen-bond acceptors (Lipinski definition) is 5. The van der Waals surface area contributed by atoms with E-state index in [4.69, 9.17) is 9.15 Å². The lowest BCUT2D eigenvalue weighted by Crippen LogP contribution is -2.31. The Balaban J connectivity index is 1.60. The van der Waals surface area contributed by atoms with Crippen molar-refractivity contribution in [2.24, 2.45) is 0 Å². The van der Waals surface area contributed by atoms with E-state index in [2.05, 4.69) is 15.6 Å². The van der Waals surface area contributed by atoms with Crippen LogP contribution in [0.4, 0.5) is 10.5 Å². The smallest absolute Gasteiger partial charge is 0.319 e. The highest BCUT2D eigenvalue weighted by Gasteiger charge is 2.18. The first-order chi connectivity index (χ1) is 13.5. The Bertz CT molecular complexity index is 1180. The third kappa shape index (κ3) is 3.29. The van der Waals surface area contributed by atoms with Gasteiger partial charge in [0, 0.05) is 21.7 Å². The van der Waals surface area contributed by atoms with Gasteiger partial charge in [0.2, 0.25) is 0 Å². The Kier molecular flexibility index (Phi) is 4.68. The summed E-state index contributed by atoms with van der Waals surface area (Å²) in [6, 6.07) is 11.0. The lowest BCUT2D eigenvalue weighted by Gasteiger charge is -2.15. The van der Waals surface area contributed by atoms with Crippen molar-refractivity contribution in [3.63, 3.8) is 0 Å². The Hall–Kier alpha value is -3.06. The van der Waals surface area contributed by atoms with Crippen LogP contribution in [0.15, 0.2) is 40.8 Å². The van der Waals surface area contributed by atoms with E-state index >= 15 is 0 Å². The number of amides is 2. The fourth-order valence-corrected chi connectivity index (χ4v) is 4.32. The molecule has 0 fully saturated rings. The minimum Gasteiger partial charge on any atom is -0.495 e. The van der Waals surface area contributed by atoms with E-state index in [-0.39, 0.29) is 12.1 Å². The van der Waals surface area contributed by atoms with Crippen molar-refractivity contribution in [3.05, 3.63) is 52.0 Å². The van der Waals surface area contributed by atoms with E-state index < -0.39 is 0 Å². The molecule has 28 heavy (non-hydrogen) atoms. The molecule has 144 valence electrons. The highest BCUT2D eigenvalue weighted by Crippen LogP contribution is 2.36. The summed E-state index contributed by atoms with van der Waals surface area (Å²) in [5.41, 5.74) is 2.98. The largest absolute Gasteiger partial charge is 0.495 e. The van der Waals surface area contributed by atoms with Gasteiger partial charge in [0.15, 0.2) is 0 Å². The van der Waals surface area contributed by atoms with E-state index in [1.54, 1.807) is 24.5 Å². The van der Waals surface area contributed by atoms with Crippen LogP contribution in [-0.2, 0) is 0 Å². The number of para-hydroxylation sites is 1. The van der Waals surface area contributed by atoms with E-state index in [1.165, 1.54) is 0 Å². The van der Waals surface area contributed by atoms with Gasteiger partial charge in [-0.25, -0.2) is 9.78 Å². The van der Waals surface area contributed by atoms with Gasteiger partial charge in [-0.1, -0.05) is 18.2 Å². The van der Waals surface area contributed by atoms with Crippen LogP contribution in [0.1, 0.15) is 28.5 Å². The van der Waals surface area contributed by atoms with E-state index in [0.717, 1.165) is 31.9 Å². The van der Waals surface area contributed by atoms with Gasteiger partial charge in [0.05, 0.1) is 29.5 Å². The van der Waals surface area contributed by atoms with Crippen molar-refractivity contribution in [3.8, 4) is 5.75 Å². The summed E-state index contributed by atoms with van der Waals surface area (Å²) in [5, 5.41) is 8.78. The van der Waals surface area contributed by atoms with Gasteiger partial charge in [-0.05, 0) is 32.9 Å². The molecule has 6 nitrogen and oxygen atoms in total. The molecule has 4 aromatic rings. The van der Waals surface area contributed by atoms with Crippen molar-refractivity contribution in [1.29, 1.82) is 0 Å². The van der Waals surface area contributed by atoms with Crippen molar-refractivity contribution in [2.75, 3.05) is 12.4 Å². The van der Waals surface area contributed by atoms with Gasteiger partial charge < -0.3 is 19.8 Å². The van der Waals surface area contributed by atoms with E-state index in [9.17, 15) is 4.79 Å². The third-order valence-electron chi connectivity index (χ3n) is 4.63. The summed E-state index contributed by atoms with van der Waals surface area (Å²) in [6.45, 7) is 5.86. The molecule has 0 unspecified atom stereocenters. The summed E-state index contributed by atoms with van der Waals surface area (Å²) in [4.78, 5) is 18.0. The molecule has 0 saturated heterocycles. The number of furan rings is 1. The number of fused-ring (bicyclic) bond motifs is 3. The molecule has 2 N–H and O–H groups in total. The maximum absolute atomic E-state index is 12.6. The molecule has 2 aromatic heterocycles. The fraction of sp³-hybridized carbons (Fsp3) is 0.238. The second-order valence-electron chi connectivity index (χ2n) is 6.65. The number of anilines is 1. The number of carbonyl (C=O) groups excluding carboxylic acids is 1. The second kappa shape index (κ2) is 7.16. The summed E-state index contributed by atoms with van der Waals surface area (Å²) in [5.74, 6) is 0.576. The van der Waals surface area contributed by atoms with Crippen LogP contribution in [0.5, 0.6) is 5.75 Å². The molecule has 2 heterocycles. The average molecular weight is 395 g/mol. The van der Waals surface area contributed by atoms with E-state index in [0.29, 0.717) is 17.0 Å². The van der Waals surface area contributed by atoms with Crippen LogP contribution in [0.2, 0.25) is 0 Å². The number of carbonyl (C=O) groups is 1. The van der Waals surface area contributed by atoms with Crippen molar-refractivity contribution in [2.45, 2.75) is 26.8 Å². The standard InChI is InChI=1S/C21H21N3O3S/c1-11-20(28-13(3)22-11)12(2)23-21(25)24-16-10-18-15(9-19(16)26-4)14-7-5-6-8-17(14)27-18/h5-10,12H,1-4H3,(H2,23,24,25)/t12-/m1/s1. The highest BCUT2D eigenvalue weighted by atomic mass is 32.1. The predicted molar refractivity (Wildman–Crippen MR) is 112 cm³/mol. The van der Waals surface area contributed by atoms with Crippen LogP contribution in [0.25, 0.3) is 21.9 Å². The zero-order valence-electron chi connectivity index (χ0n) is 16.1. The maximum atomic E-state index is 12.6. The number of methoxy groups -OCH3 is 1. The van der Waals surface area contributed by atoms with Crippen molar-refractivity contribution < 1.29 is 13.9 Å². The Labute approximate surface area is 166 Å². The molecule has 0 aliphatic heterocycles. The number of ether oxygens (including phenoxy) is 1. The number of nitrogens with one attached hydrogen (secondary N) is 2. The summed E-state index contributed by atoms with van der Waals surface area (Å²) >= 11 is 1.59. The number of nitrogens with zero attached hydrogens (tertiary/aromatic N) is 1. The number of aryl methyl sites for hydroxylation is 2. The summed E-state index contributed by atoms with van der Waals surface area (Å²) < 4.78 is 11.4. The Morgan fingerprint density at radius 3 is 2.68 bits per heavy atom. The quantitative estimate of drug-likeness (QED) is 0.475. The molecule has 0 radical (unpaired) electrons. The molecule has 4 rings (SSSR count). The number of urea groups is 1. The van der Waals surface area contributed by atoms with Gasteiger partial charge in [0.25, 0.3) is 0 Å². The molecular formula is C21H21N3O3S. The molecule has 0 saturated carbocycles. The summed E-state index contributed by atoms with van der Waals surface area (Å²) in [6.07, 6.45) is 0. The number of benzene rings is 2. The SMILES string of the molecule is COc1cc2c(cc1NC(=O)N[C@H](C)c1sc(C)nc1C)oc1ccccc12. The monoisotopic (exact) mass is 395 g/mol. The van der Waals surface area contributed by atoms with Crippen LogP contribution >= 0.6 is 11.3 Å². The normalized spacial score (nSPS) is 12.3. The first-order valence-electron chi connectivity index (χ1n) is 8.97. The number of thiazole rings is 1. The number of aromatic nitrogens is 1. The third-order valence-corrected chi connectivity index (χ3v) is 5.88. The zero-order chi connectivity index (χ0) is 19.8. The van der Waals surface area contributed by atoms with Crippen LogP contribution < -0.4 is 15.4 Å². The zero-order valence-corrected chi connectivity index (χ0v) is 16.9. The molecule has 0 aliphatic carbocycles. The lowest BCUT2D eigenvalue weighted by molar-refractivity contribution is 0.249. The van der Waals surface area contributed by atoms with Crippen LogP contribution in [0.3, 0.4) is 0 Å². The molecule has 7 heteroatoms. The van der Waals surface area contributed by atoms with Gasteiger partial charge in [-0.3, -0.25) is 0 Å².